The van der Waals surface area contributed by atoms with Crippen molar-refractivity contribution in [2.75, 3.05) is 7.11 Å². The van der Waals surface area contributed by atoms with Gasteiger partial charge in [0.2, 0.25) is 0 Å². The normalized spacial score (nSPS) is 10.6. The highest BCUT2D eigenvalue weighted by Crippen LogP contribution is 2.27. The van der Waals surface area contributed by atoms with E-state index in [-0.39, 0.29) is 18.2 Å². The molecular formula is C10H15ClFNO. The topological polar surface area (TPSA) is 35.2 Å². The Morgan fingerprint density at radius 2 is 1.93 bits per heavy atom. The largest absolute Gasteiger partial charge is 0.496 e. The van der Waals surface area contributed by atoms with E-state index in [1.165, 1.54) is 19.2 Å². The predicted molar refractivity (Wildman–Crippen MR) is 57.4 cm³/mol. The fourth-order valence-corrected chi connectivity index (χ4v) is 1.20. The van der Waals surface area contributed by atoms with Crippen molar-refractivity contribution in [1.29, 1.82) is 0 Å². The number of methoxy groups -OCH3 is 1. The molecule has 14 heavy (non-hydrogen) atoms. The molecule has 0 fully saturated rings. The predicted octanol–water partition coefficient (Wildman–Crippen LogP) is 2.45. The summed E-state index contributed by atoms with van der Waals surface area (Å²) < 4.78 is 17.8. The van der Waals surface area contributed by atoms with Gasteiger partial charge in [0.25, 0.3) is 0 Å². The van der Waals surface area contributed by atoms with E-state index in [2.05, 4.69) is 0 Å². The van der Waals surface area contributed by atoms with Crippen LogP contribution < -0.4 is 10.5 Å². The summed E-state index contributed by atoms with van der Waals surface area (Å²) in [4.78, 5) is 0. The zero-order valence-electron chi connectivity index (χ0n) is 8.50. The van der Waals surface area contributed by atoms with Gasteiger partial charge in [0.05, 0.1) is 7.11 Å². The average Bonchev–Trinajstić information content (AvgIpc) is 2.01. The lowest BCUT2D eigenvalue weighted by molar-refractivity contribution is 0.391. The van der Waals surface area contributed by atoms with E-state index >= 15 is 0 Å². The highest BCUT2D eigenvalue weighted by molar-refractivity contribution is 5.85. The summed E-state index contributed by atoms with van der Waals surface area (Å²) in [6, 6.07) is 4.37. The highest BCUT2D eigenvalue weighted by atomic mass is 35.5. The van der Waals surface area contributed by atoms with Gasteiger partial charge >= 0.3 is 0 Å². The van der Waals surface area contributed by atoms with Crippen LogP contribution >= 0.6 is 12.4 Å². The maximum atomic E-state index is 12.8. The average molecular weight is 220 g/mol. The maximum absolute atomic E-state index is 12.8. The van der Waals surface area contributed by atoms with Gasteiger partial charge in [-0.1, -0.05) is 6.07 Å². The molecule has 0 heterocycles. The maximum Gasteiger partial charge on any atom is 0.126 e. The number of hydrogen-bond donors (Lipinski definition) is 1. The Hall–Kier alpha value is -0.800. The second kappa shape index (κ2) is 4.62. The van der Waals surface area contributed by atoms with E-state index in [1.807, 2.05) is 13.8 Å². The van der Waals surface area contributed by atoms with Gasteiger partial charge in [-0.15, -0.1) is 12.4 Å². The standard InChI is InChI=1S/C10H14FNO.ClH/c1-10(2,12)8-5-4-7(11)6-9(8)13-3;/h4-6H,12H2,1-3H3;1H. The van der Waals surface area contributed by atoms with Crippen LogP contribution in [0.5, 0.6) is 5.75 Å². The van der Waals surface area contributed by atoms with Gasteiger partial charge in [0, 0.05) is 17.2 Å². The zero-order chi connectivity index (χ0) is 10.1. The molecule has 0 radical (unpaired) electrons. The molecule has 0 aliphatic rings. The van der Waals surface area contributed by atoms with Crippen molar-refractivity contribution in [2.45, 2.75) is 19.4 Å². The van der Waals surface area contributed by atoms with Crippen LogP contribution in [0.1, 0.15) is 19.4 Å². The van der Waals surface area contributed by atoms with Crippen molar-refractivity contribution in [3.8, 4) is 5.75 Å². The summed E-state index contributed by atoms with van der Waals surface area (Å²) in [5, 5.41) is 0. The lowest BCUT2D eigenvalue weighted by Gasteiger charge is -2.21. The molecule has 0 spiro atoms. The summed E-state index contributed by atoms with van der Waals surface area (Å²) in [6.07, 6.45) is 0. The Labute approximate surface area is 89.7 Å². The van der Waals surface area contributed by atoms with E-state index in [1.54, 1.807) is 6.07 Å². The number of ether oxygens (including phenoxy) is 1. The minimum atomic E-state index is -0.515. The Morgan fingerprint density at radius 1 is 1.36 bits per heavy atom. The minimum absolute atomic E-state index is 0. The van der Waals surface area contributed by atoms with Gasteiger partial charge < -0.3 is 10.5 Å². The number of hydrogen-bond acceptors (Lipinski definition) is 2. The van der Waals surface area contributed by atoms with Gasteiger partial charge in [0.15, 0.2) is 0 Å². The molecule has 80 valence electrons. The van der Waals surface area contributed by atoms with Crippen molar-refractivity contribution < 1.29 is 9.13 Å². The molecule has 0 aliphatic heterocycles. The molecule has 2 nitrogen and oxygen atoms in total. The van der Waals surface area contributed by atoms with Gasteiger partial charge in [-0.3, -0.25) is 0 Å². The quantitative estimate of drug-likeness (QED) is 0.830. The van der Waals surface area contributed by atoms with E-state index < -0.39 is 5.54 Å². The van der Waals surface area contributed by atoms with E-state index in [0.29, 0.717) is 5.75 Å². The van der Waals surface area contributed by atoms with Crippen molar-refractivity contribution in [3.05, 3.63) is 29.6 Å². The Balaban J connectivity index is 0.00000169. The van der Waals surface area contributed by atoms with Crippen LogP contribution in [-0.2, 0) is 5.54 Å². The smallest absolute Gasteiger partial charge is 0.126 e. The number of halogens is 2. The molecule has 0 saturated carbocycles. The molecule has 1 aromatic rings. The molecule has 1 rings (SSSR count). The van der Waals surface area contributed by atoms with Crippen LogP contribution in [0.3, 0.4) is 0 Å². The SMILES string of the molecule is COc1cc(F)ccc1C(C)(C)N.Cl. The van der Waals surface area contributed by atoms with Gasteiger partial charge in [0.1, 0.15) is 11.6 Å². The molecule has 0 saturated heterocycles. The molecule has 2 N–H and O–H groups in total. The first kappa shape index (κ1) is 13.2. The molecule has 0 atom stereocenters. The molecule has 1 aromatic carbocycles. The Kier molecular flexibility index (Phi) is 4.36. The number of benzene rings is 1. The second-order valence-electron chi connectivity index (χ2n) is 3.57. The van der Waals surface area contributed by atoms with Crippen molar-refractivity contribution in [1.82, 2.24) is 0 Å². The van der Waals surface area contributed by atoms with E-state index in [9.17, 15) is 4.39 Å². The van der Waals surface area contributed by atoms with Crippen LogP contribution in [0.2, 0.25) is 0 Å². The third-order valence-corrected chi connectivity index (χ3v) is 1.86. The van der Waals surface area contributed by atoms with E-state index in [0.717, 1.165) is 5.56 Å². The highest BCUT2D eigenvalue weighted by Gasteiger charge is 2.19. The molecule has 4 heteroatoms. The number of rotatable bonds is 2. The van der Waals surface area contributed by atoms with Gasteiger partial charge in [-0.2, -0.15) is 0 Å². The van der Waals surface area contributed by atoms with E-state index in [4.69, 9.17) is 10.5 Å². The first-order valence-electron chi connectivity index (χ1n) is 4.08. The fourth-order valence-electron chi connectivity index (χ4n) is 1.20. The third-order valence-electron chi connectivity index (χ3n) is 1.86. The molecule has 0 aromatic heterocycles. The lowest BCUT2D eigenvalue weighted by atomic mass is 9.95. The lowest BCUT2D eigenvalue weighted by Crippen LogP contribution is -2.29. The molecule has 0 bridgehead atoms. The first-order chi connectivity index (χ1) is 5.95. The van der Waals surface area contributed by atoms with Crippen LogP contribution in [0, 0.1) is 5.82 Å². The third kappa shape index (κ3) is 2.86. The van der Waals surface area contributed by atoms with Crippen LogP contribution in [-0.4, -0.2) is 7.11 Å². The summed E-state index contributed by atoms with van der Waals surface area (Å²) in [5.74, 6) is 0.178. The summed E-state index contributed by atoms with van der Waals surface area (Å²) in [5.41, 5.74) is 6.17. The van der Waals surface area contributed by atoms with Crippen LogP contribution in [0.25, 0.3) is 0 Å². The summed E-state index contributed by atoms with van der Waals surface area (Å²) >= 11 is 0. The molecule has 0 aliphatic carbocycles. The molecule has 0 amide bonds. The van der Waals surface area contributed by atoms with Crippen LogP contribution in [0.15, 0.2) is 18.2 Å². The Bertz CT molecular complexity index is 309. The van der Waals surface area contributed by atoms with Crippen molar-refractivity contribution in [2.24, 2.45) is 5.73 Å². The molecule has 0 unspecified atom stereocenters. The van der Waals surface area contributed by atoms with Crippen molar-refractivity contribution >= 4 is 12.4 Å². The fraction of sp³-hybridized carbons (Fsp3) is 0.400. The first-order valence-corrected chi connectivity index (χ1v) is 4.08. The molecular weight excluding hydrogens is 205 g/mol. The summed E-state index contributed by atoms with van der Waals surface area (Å²) in [7, 11) is 1.50. The monoisotopic (exact) mass is 219 g/mol. The minimum Gasteiger partial charge on any atom is -0.496 e. The Morgan fingerprint density at radius 3 is 2.36 bits per heavy atom. The second-order valence-corrected chi connectivity index (χ2v) is 3.57. The van der Waals surface area contributed by atoms with Gasteiger partial charge in [-0.05, 0) is 19.9 Å². The van der Waals surface area contributed by atoms with Crippen molar-refractivity contribution in [3.63, 3.8) is 0 Å². The number of nitrogens with two attached hydrogens (primary N) is 1. The summed E-state index contributed by atoms with van der Waals surface area (Å²) in [6.45, 7) is 3.70. The zero-order valence-corrected chi connectivity index (χ0v) is 9.32. The van der Waals surface area contributed by atoms with Gasteiger partial charge in [-0.25, -0.2) is 4.39 Å². The van der Waals surface area contributed by atoms with Crippen LogP contribution in [0.4, 0.5) is 4.39 Å².